The Bertz CT molecular complexity index is 502. The third kappa shape index (κ3) is 2.62. The van der Waals surface area contributed by atoms with Gasteiger partial charge in [-0.2, -0.15) is 0 Å². The average molecular weight is 276 g/mol. The topological polar surface area (TPSA) is 98.9 Å². The lowest BCUT2D eigenvalue weighted by Crippen LogP contribution is -2.06. The van der Waals surface area contributed by atoms with Crippen molar-refractivity contribution in [1.82, 2.24) is 0 Å². The SMILES string of the molecule is COc1cc([N+](=O)[O-])c(CC(=O)O)c(Cl)c1OC. The van der Waals surface area contributed by atoms with E-state index < -0.39 is 23.0 Å². The van der Waals surface area contributed by atoms with E-state index in [9.17, 15) is 14.9 Å². The molecule has 1 aromatic carbocycles. The molecule has 0 aliphatic rings. The molecule has 98 valence electrons. The first-order chi connectivity index (χ1) is 8.42. The number of rotatable bonds is 5. The van der Waals surface area contributed by atoms with Crippen LogP contribution in [-0.4, -0.2) is 30.2 Å². The lowest BCUT2D eigenvalue weighted by molar-refractivity contribution is -0.385. The molecule has 0 saturated carbocycles. The summed E-state index contributed by atoms with van der Waals surface area (Å²) in [4.78, 5) is 20.9. The first-order valence-corrected chi connectivity index (χ1v) is 5.09. The van der Waals surface area contributed by atoms with Gasteiger partial charge in [0, 0.05) is 0 Å². The maximum absolute atomic E-state index is 10.9. The van der Waals surface area contributed by atoms with Gasteiger partial charge in [0.2, 0.25) is 0 Å². The van der Waals surface area contributed by atoms with E-state index >= 15 is 0 Å². The molecular formula is C10H10ClNO6. The van der Waals surface area contributed by atoms with Crippen LogP contribution in [0.5, 0.6) is 11.5 Å². The molecule has 0 bridgehead atoms. The molecule has 7 nitrogen and oxygen atoms in total. The van der Waals surface area contributed by atoms with Crippen LogP contribution in [0, 0.1) is 10.1 Å². The Morgan fingerprint density at radius 1 is 1.50 bits per heavy atom. The number of nitrogens with zero attached hydrogens (tertiary/aromatic N) is 1. The number of carbonyl (C=O) groups is 1. The summed E-state index contributed by atoms with van der Waals surface area (Å²) in [7, 11) is 2.61. The van der Waals surface area contributed by atoms with Crippen molar-refractivity contribution in [2.75, 3.05) is 14.2 Å². The van der Waals surface area contributed by atoms with Gasteiger partial charge in [0.15, 0.2) is 11.5 Å². The van der Waals surface area contributed by atoms with Crippen molar-refractivity contribution in [3.8, 4) is 11.5 Å². The molecule has 0 atom stereocenters. The van der Waals surface area contributed by atoms with Crippen LogP contribution >= 0.6 is 11.6 Å². The second-order valence-corrected chi connectivity index (χ2v) is 3.63. The molecule has 0 aliphatic heterocycles. The predicted molar refractivity (Wildman–Crippen MR) is 62.6 cm³/mol. The van der Waals surface area contributed by atoms with Crippen molar-refractivity contribution in [3.05, 3.63) is 26.8 Å². The molecular weight excluding hydrogens is 266 g/mol. The number of carboxylic acids is 1. The highest BCUT2D eigenvalue weighted by molar-refractivity contribution is 6.33. The van der Waals surface area contributed by atoms with Gasteiger partial charge in [-0.3, -0.25) is 14.9 Å². The monoisotopic (exact) mass is 275 g/mol. The Kier molecular flexibility index (Phi) is 4.33. The number of halogens is 1. The number of nitro groups is 1. The summed E-state index contributed by atoms with van der Waals surface area (Å²) < 4.78 is 9.86. The summed E-state index contributed by atoms with van der Waals surface area (Å²) >= 11 is 5.91. The summed E-state index contributed by atoms with van der Waals surface area (Å²) in [6.07, 6.45) is -0.574. The summed E-state index contributed by atoms with van der Waals surface area (Å²) in [6, 6.07) is 1.09. The Hall–Kier alpha value is -2.02. The number of nitro benzene ring substituents is 1. The van der Waals surface area contributed by atoms with Crippen LogP contribution in [0.4, 0.5) is 5.69 Å². The zero-order chi connectivity index (χ0) is 13.9. The van der Waals surface area contributed by atoms with Crippen molar-refractivity contribution in [2.45, 2.75) is 6.42 Å². The van der Waals surface area contributed by atoms with Gasteiger partial charge in [0.25, 0.3) is 5.69 Å². The smallest absolute Gasteiger partial charge is 0.308 e. The Morgan fingerprint density at radius 2 is 2.11 bits per heavy atom. The Morgan fingerprint density at radius 3 is 2.50 bits per heavy atom. The minimum Gasteiger partial charge on any atom is -0.493 e. The van der Waals surface area contributed by atoms with E-state index in [0.29, 0.717) is 0 Å². The summed E-state index contributed by atoms with van der Waals surface area (Å²) in [5.74, 6) is -1.09. The molecule has 0 amide bonds. The number of hydrogen-bond donors (Lipinski definition) is 1. The molecule has 0 spiro atoms. The van der Waals surface area contributed by atoms with Crippen LogP contribution in [0.2, 0.25) is 5.02 Å². The van der Waals surface area contributed by atoms with E-state index in [1.165, 1.54) is 14.2 Å². The fraction of sp³-hybridized carbons (Fsp3) is 0.300. The molecule has 0 aromatic heterocycles. The number of benzene rings is 1. The van der Waals surface area contributed by atoms with E-state index in [0.717, 1.165) is 6.07 Å². The molecule has 0 fully saturated rings. The van der Waals surface area contributed by atoms with Crippen molar-refractivity contribution in [3.63, 3.8) is 0 Å². The van der Waals surface area contributed by atoms with Gasteiger partial charge in [-0.1, -0.05) is 11.6 Å². The zero-order valence-corrected chi connectivity index (χ0v) is 10.4. The maximum Gasteiger partial charge on any atom is 0.308 e. The first-order valence-electron chi connectivity index (χ1n) is 4.71. The van der Waals surface area contributed by atoms with Crippen LogP contribution in [-0.2, 0) is 11.2 Å². The second-order valence-electron chi connectivity index (χ2n) is 3.25. The molecule has 18 heavy (non-hydrogen) atoms. The van der Waals surface area contributed by atoms with E-state index in [2.05, 4.69) is 0 Å². The van der Waals surface area contributed by atoms with E-state index in [-0.39, 0.29) is 22.1 Å². The van der Waals surface area contributed by atoms with Crippen molar-refractivity contribution < 1.29 is 24.3 Å². The van der Waals surface area contributed by atoms with Gasteiger partial charge >= 0.3 is 5.97 Å². The molecule has 0 unspecified atom stereocenters. The third-order valence-electron chi connectivity index (χ3n) is 2.21. The number of hydrogen-bond acceptors (Lipinski definition) is 5. The summed E-state index contributed by atoms with van der Waals surface area (Å²) in [5.41, 5.74) is -0.535. The van der Waals surface area contributed by atoms with Gasteiger partial charge in [0.05, 0.1) is 42.2 Å². The van der Waals surface area contributed by atoms with E-state index in [4.69, 9.17) is 26.2 Å². The quantitative estimate of drug-likeness (QED) is 0.651. The van der Waals surface area contributed by atoms with Crippen LogP contribution in [0.3, 0.4) is 0 Å². The molecule has 1 rings (SSSR count). The second kappa shape index (κ2) is 5.54. The molecule has 1 aromatic rings. The minimum absolute atomic E-state index is 0.0704. The molecule has 1 N–H and O–H groups in total. The highest BCUT2D eigenvalue weighted by Gasteiger charge is 2.26. The molecule has 0 heterocycles. The molecule has 8 heteroatoms. The lowest BCUT2D eigenvalue weighted by atomic mass is 10.1. The van der Waals surface area contributed by atoms with Gasteiger partial charge in [0.1, 0.15) is 0 Å². The normalized spacial score (nSPS) is 9.94. The predicted octanol–water partition coefficient (Wildman–Crippen LogP) is 1.89. The highest BCUT2D eigenvalue weighted by atomic mass is 35.5. The van der Waals surface area contributed by atoms with Crippen molar-refractivity contribution >= 4 is 23.3 Å². The number of aliphatic carboxylic acids is 1. The Labute approximate surface area is 107 Å². The lowest BCUT2D eigenvalue weighted by Gasteiger charge is -2.12. The highest BCUT2D eigenvalue weighted by Crippen LogP contribution is 2.42. The summed E-state index contributed by atoms with van der Waals surface area (Å²) in [6.45, 7) is 0. The maximum atomic E-state index is 10.9. The molecule has 0 aliphatic carbocycles. The zero-order valence-electron chi connectivity index (χ0n) is 9.60. The van der Waals surface area contributed by atoms with Gasteiger partial charge in [-0.15, -0.1) is 0 Å². The standard InChI is InChI=1S/C10H10ClNO6/c1-17-7-4-6(12(15)16)5(3-8(13)14)9(11)10(7)18-2/h4H,3H2,1-2H3,(H,13,14). The fourth-order valence-corrected chi connectivity index (χ4v) is 1.79. The van der Waals surface area contributed by atoms with E-state index in [1.54, 1.807) is 0 Å². The third-order valence-corrected chi connectivity index (χ3v) is 2.61. The summed E-state index contributed by atoms with van der Waals surface area (Å²) in [5, 5.41) is 19.5. The number of carboxylic acid groups (broad SMARTS) is 1. The van der Waals surface area contributed by atoms with E-state index in [1.807, 2.05) is 0 Å². The van der Waals surface area contributed by atoms with Crippen LogP contribution in [0.15, 0.2) is 6.07 Å². The van der Waals surface area contributed by atoms with Crippen LogP contribution < -0.4 is 9.47 Å². The van der Waals surface area contributed by atoms with Crippen molar-refractivity contribution in [2.24, 2.45) is 0 Å². The molecule has 0 radical (unpaired) electrons. The average Bonchev–Trinajstić information content (AvgIpc) is 2.30. The van der Waals surface area contributed by atoms with Gasteiger partial charge < -0.3 is 14.6 Å². The molecule has 0 saturated heterocycles. The minimum atomic E-state index is -1.23. The van der Waals surface area contributed by atoms with Gasteiger partial charge in [-0.25, -0.2) is 0 Å². The van der Waals surface area contributed by atoms with Gasteiger partial charge in [-0.05, 0) is 0 Å². The Balaban J connectivity index is 3.54. The number of ether oxygens (including phenoxy) is 2. The van der Waals surface area contributed by atoms with Crippen molar-refractivity contribution in [1.29, 1.82) is 0 Å². The van der Waals surface area contributed by atoms with Crippen LogP contribution in [0.1, 0.15) is 5.56 Å². The fourth-order valence-electron chi connectivity index (χ4n) is 1.46. The largest absolute Gasteiger partial charge is 0.493 e. The number of methoxy groups -OCH3 is 2. The first kappa shape index (κ1) is 14.0. The van der Waals surface area contributed by atoms with Crippen LogP contribution in [0.25, 0.3) is 0 Å².